The molecular formula is C14H19NO2S. The largest absolute Gasteiger partial charge is 0.478 e. The number of hydrogen-bond donors (Lipinski definition) is 2. The predicted molar refractivity (Wildman–Crippen MR) is 75.1 cm³/mol. The summed E-state index contributed by atoms with van der Waals surface area (Å²) in [4.78, 5) is 12.1. The summed E-state index contributed by atoms with van der Waals surface area (Å²) in [5.74, 6) is -0.146. The highest BCUT2D eigenvalue weighted by Gasteiger charge is 2.22. The van der Waals surface area contributed by atoms with Gasteiger partial charge in [-0.05, 0) is 37.0 Å². The van der Waals surface area contributed by atoms with Crippen molar-refractivity contribution in [2.75, 3.05) is 5.73 Å². The van der Waals surface area contributed by atoms with E-state index in [-0.39, 0.29) is 0 Å². The van der Waals surface area contributed by atoms with Gasteiger partial charge in [0.15, 0.2) is 0 Å². The quantitative estimate of drug-likeness (QED) is 0.819. The molecule has 0 aliphatic heterocycles. The Labute approximate surface area is 112 Å². The first kappa shape index (κ1) is 13.3. The molecule has 3 N–H and O–H groups in total. The Morgan fingerprint density at radius 2 is 2.22 bits per heavy atom. The Morgan fingerprint density at radius 3 is 2.89 bits per heavy atom. The molecule has 2 atom stereocenters. The molecule has 0 radical (unpaired) electrons. The molecule has 1 aliphatic carbocycles. The van der Waals surface area contributed by atoms with Crippen LogP contribution < -0.4 is 5.73 Å². The van der Waals surface area contributed by atoms with E-state index >= 15 is 0 Å². The lowest BCUT2D eigenvalue weighted by Crippen LogP contribution is -2.15. The number of benzene rings is 1. The van der Waals surface area contributed by atoms with Crippen molar-refractivity contribution in [2.24, 2.45) is 5.92 Å². The topological polar surface area (TPSA) is 63.3 Å². The molecule has 0 heterocycles. The second-order valence-electron chi connectivity index (χ2n) is 5.07. The van der Waals surface area contributed by atoms with Crippen LogP contribution in [0.15, 0.2) is 23.1 Å². The van der Waals surface area contributed by atoms with Crippen molar-refractivity contribution in [2.45, 2.75) is 42.8 Å². The van der Waals surface area contributed by atoms with Gasteiger partial charge in [0.25, 0.3) is 0 Å². The molecule has 0 saturated heterocycles. The molecule has 2 unspecified atom stereocenters. The average molecular weight is 265 g/mol. The number of hydrogen-bond acceptors (Lipinski definition) is 3. The van der Waals surface area contributed by atoms with E-state index in [1.165, 1.54) is 25.7 Å². The second kappa shape index (κ2) is 5.65. The van der Waals surface area contributed by atoms with E-state index in [1.54, 1.807) is 23.9 Å². The highest BCUT2D eigenvalue weighted by atomic mass is 32.2. The lowest BCUT2D eigenvalue weighted by Gasteiger charge is -2.26. The predicted octanol–water partition coefficient (Wildman–Crippen LogP) is 3.64. The summed E-state index contributed by atoms with van der Waals surface area (Å²) in [6.45, 7) is 2.27. The van der Waals surface area contributed by atoms with Crippen LogP contribution in [0.25, 0.3) is 0 Å². The average Bonchev–Trinajstić information content (AvgIpc) is 2.31. The molecule has 4 heteroatoms. The Hall–Kier alpha value is -1.16. The van der Waals surface area contributed by atoms with Crippen molar-refractivity contribution in [3.05, 3.63) is 23.8 Å². The van der Waals surface area contributed by atoms with Crippen LogP contribution in [0.1, 0.15) is 43.0 Å². The molecule has 98 valence electrons. The summed E-state index contributed by atoms with van der Waals surface area (Å²) >= 11 is 1.70. The molecule has 0 spiro atoms. The SMILES string of the molecule is CC1CCCC(Sc2ccc(N)cc2C(=O)O)C1. The number of carboxylic acids is 1. The van der Waals surface area contributed by atoms with Crippen molar-refractivity contribution < 1.29 is 9.90 Å². The fourth-order valence-electron chi connectivity index (χ4n) is 2.48. The van der Waals surface area contributed by atoms with Crippen LogP contribution in [-0.4, -0.2) is 16.3 Å². The minimum atomic E-state index is -0.895. The van der Waals surface area contributed by atoms with Crippen LogP contribution >= 0.6 is 11.8 Å². The summed E-state index contributed by atoms with van der Waals surface area (Å²) in [6.07, 6.45) is 4.90. The normalized spacial score (nSPS) is 23.8. The fraction of sp³-hybridized carbons (Fsp3) is 0.500. The van der Waals surface area contributed by atoms with Gasteiger partial charge in [-0.2, -0.15) is 0 Å². The van der Waals surface area contributed by atoms with Crippen LogP contribution in [0.3, 0.4) is 0 Å². The standard InChI is InChI=1S/C14H19NO2S/c1-9-3-2-4-11(7-9)18-13-6-5-10(15)8-12(13)14(16)17/h5-6,8-9,11H,2-4,7,15H2,1H3,(H,16,17). The smallest absolute Gasteiger partial charge is 0.336 e. The van der Waals surface area contributed by atoms with E-state index in [2.05, 4.69) is 6.92 Å². The molecule has 1 aromatic rings. The van der Waals surface area contributed by atoms with Crippen LogP contribution in [0.5, 0.6) is 0 Å². The van der Waals surface area contributed by atoms with Crippen molar-refractivity contribution in [3.8, 4) is 0 Å². The number of nitrogens with two attached hydrogens (primary N) is 1. The summed E-state index contributed by atoms with van der Waals surface area (Å²) in [6, 6.07) is 5.17. The number of carboxylic acid groups (broad SMARTS) is 1. The maximum absolute atomic E-state index is 11.2. The van der Waals surface area contributed by atoms with Crippen molar-refractivity contribution >= 4 is 23.4 Å². The monoisotopic (exact) mass is 265 g/mol. The number of thioether (sulfide) groups is 1. The van der Waals surface area contributed by atoms with Gasteiger partial charge < -0.3 is 10.8 Å². The van der Waals surface area contributed by atoms with Crippen LogP contribution in [-0.2, 0) is 0 Å². The zero-order valence-electron chi connectivity index (χ0n) is 10.6. The lowest BCUT2D eigenvalue weighted by atomic mass is 9.91. The lowest BCUT2D eigenvalue weighted by molar-refractivity contribution is 0.0693. The first-order chi connectivity index (χ1) is 8.56. The van der Waals surface area contributed by atoms with E-state index in [9.17, 15) is 9.90 Å². The number of rotatable bonds is 3. The first-order valence-electron chi connectivity index (χ1n) is 6.35. The molecule has 3 nitrogen and oxygen atoms in total. The Bertz CT molecular complexity index is 447. The zero-order chi connectivity index (χ0) is 13.1. The zero-order valence-corrected chi connectivity index (χ0v) is 11.4. The van der Waals surface area contributed by atoms with Gasteiger partial charge in [0.2, 0.25) is 0 Å². The third-order valence-electron chi connectivity index (χ3n) is 3.42. The van der Waals surface area contributed by atoms with E-state index in [0.717, 1.165) is 10.8 Å². The Morgan fingerprint density at radius 1 is 1.44 bits per heavy atom. The summed E-state index contributed by atoms with van der Waals surface area (Å²) in [7, 11) is 0. The van der Waals surface area contributed by atoms with Crippen molar-refractivity contribution in [3.63, 3.8) is 0 Å². The van der Waals surface area contributed by atoms with Gasteiger partial charge in [-0.1, -0.05) is 19.8 Å². The van der Waals surface area contributed by atoms with Gasteiger partial charge in [-0.15, -0.1) is 11.8 Å². The van der Waals surface area contributed by atoms with E-state index < -0.39 is 5.97 Å². The summed E-state index contributed by atoms with van der Waals surface area (Å²) < 4.78 is 0. The number of aromatic carboxylic acids is 1. The molecule has 1 fully saturated rings. The number of anilines is 1. The Kier molecular flexibility index (Phi) is 4.17. The third kappa shape index (κ3) is 3.19. The maximum atomic E-state index is 11.2. The molecule has 1 aliphatic rings. The molecule has 2 rings (SSSR count). The van der Waals surface area contributed by atoms with Crippen molar-refractivity contribution in [1.82, 2.24) is 0 Å². The van der Waals surface area contributed by atoms with Gasteiger partial charge in [0.05, 0.1) is 5.56 Å². The number of carbonyl (C=O) groups is 1. The van der Waals surface area contributed by atoms with Gasteiger partial charge in [0, 0.05) is 15.8 Å². The van der Waals surface area contributed by atoms with Crippen LogP contribution in [0, 0.1) is 5.92 Å². The minimum Gasteiger partial charge on any atom is -0.478 e. The van der Waals surface area contributed by atoms with E-state index in [4.69, 9.17) is 5.73 Å². The summed E-state index contributed by atoms with van der Waals surface area (Å²) in [5, 5.41) is 9.74. The molecule has 1 aromatic carbocycles. The Balaban J connectivity index is 2.15. The molecule has 18 heavy (non-hydrogen) atoms. The summed E-state index contributed by atoms with van der Waals surface area (Å²) in [5.41, 5.74) is 6.49. The molecular weight excluding hydrogens is 246 g/mol. The van der Waals surface area contributed by atoms with Gasteiger partial charge >= 0.3 is 5.97 Å². The molecule has 0 aromatic heterocycles. The fourth-order valence-corrected chi connectivity index (χ4v) is 3.97. The van der Waals surface area contributed by atoms with E-state index in [0.29, 0.717) is 16.5 Å². The minimum absolute atomic E-state index is 0.332. The second-order valence-corrected chi connectivity index (χ2v) is 6.41. The van der Waals surface area contributed by atoms with Gasteiger partial charge in [-0.3, -0.25) is 0 Å². The van der Waals surface area contributed by atoms with E-state index in [1.807, 2.05) is 6.07 Å². The van der Waals surface area contributed by atoms with Crippen molar-refractivity contribution in [1.29, 1.82) is 0 Å². The molecule has 1 saturated carbocycles. The first-order valence-corrected chi connectivity index (χ1v) is 7.23. The molecule has 0 bridgehead atoms. The number of nitrogen functional groups attached to an aromatic ring is 1. The van der Waals surface area contributed by atoms with Crippen LogP contribution in [0.2, 0.25) is 0 Å². The third-order valence-corrected chi connectivity index (χ3v) is 4.79. The highest BCUT2D eigenvalue weighted by molar-refractivity contribution is 8.00. The van der Waals surface area contributed by atoms with Gasteiger partial charge in [-0.25, -0.2) is 4.79 Å². The maximum Gasteiger partial charge on any atom is 0.336 e. The van der Waals surface area contributed by atoms with Gasteiger partial charge in [0.1, 0.15) is 0 Å². The highest BCUT2D eigenvalue weighted by Crippen LogP contribution is 2.37. The molecule has 0 amide bonds. The van der Waals surface area contributed by atoms with Crippen LogP contribution in [0.4, 0.5) is 5.69 Å².